The summed E-state index contributed by atoms with van der Waals surface area (Å²) in [5.74, 6) is 0.496. The molecule has 0 radical (unpaired) electrons. The molecule has 0 aliphatic rings. The fraction of sp³-hybridized carbons (Fsp3) is 0.100. The van der Waals surface area contributed by atoms with Gasteiger partial charge < -0.3 is 0 Å². The quantitative estimate of drug-likeness (QED) is 0.544. The summed E-state index contributed by atoms with van der Waals surface area (Å²) < 4.78 is 1.83. The lowest BCUT2D eigenvalue weighted by molar-refractivity contribution is 0.914. The molecule has 0 atom stereocenters. The van der Waals surface area contributed by atoms with E-state index in [0.717, 1.165) is 22.4 Å². The third kappa shape index (κ3) is 2.72. The number of imidazole rings is 1. The van der Waals surface area contributed by atoms with E-state index in [9.17, 15) is 5.26 Å². The Morgan fingerprint density at radius 1 is 0.885 bits per heavy atom. The van der Waals surface area contributed by atoms with Crippen molar-refractivity contribution in [1.82, 2.24) is 19.5 Å². The van der Waals surface area contributed by atoms with Gasteiger partial charge in [-0.2, -0.15) is 5.26 Å². The van der Waals surface area contributed by atoms with E-state index in [1.165, 1.54) is 0 Å². The zero-order valence-corrected chi connectivity index (χ0v) is 15.2. The molecule has 0 spiro atoms. The first-order valence-electron chi connectivity index (χ1n) is 8.10. The fourth-order valence-electron chi connectivity index (χ4n) is 2.79. The molecule has 0 aliphatic heterocycles. The highest BCUT2D eigenvalue weighted by Crippen LogP contribution is 2.27. The number of fused-ring (bicyclic) bond motifs is 1. The van der Waals surface area contributed by atoms with Crippen LogP contribution in [-0.4, -0.2) is 19.5 Å². The highest BCUT2D eigenvalue weighted by molar-refractivity contribution is 7.80. The summed E-state index contributed by atoms with van der Waals surface area (Å²) in [5, 5.41) is 10.0. The smallest absolute Gasteiger partial charge is 0.172 e. The lowest BCUT2D eigenvalue weighted by atomic mass is 10.1. The molecule has 0 saturated carbocycles. The predicted octanol–water partition coefficient (Wildman–Crippen LogP) is 4.26. The Kier molecular flexibility index (Phi) is 3.94. The number of hydrogen-bond acceptors (Lipinski definition) is 5. The van der Waals surface area contributed by atoms with Gasteiger partial charge in [-0.3, -0.25) is 4.57 Å². The summed E-state index contributed by atoms with van der Waals surface area (Å²) in [6, 6.07) is 18.0. The summed E-state index contributed by atoms with van der Waals surface area (Å²) in [6.45, 7) is 4.05. The van der Waals surface area contributed by atoms with Gasteiger partial charge in [0.2, 0.25) is 0 Å². The maximum Gasteiger partial charge on any atom is 0.172 e. The van der Waals surface area contributed by atoms with Crippen molar-refractivity contribution >= 4 is 23.8 Å². The average molecular weight is 357 g/mol. The lowest BCUT2D eigenvalue weighted by Gasteiger charge is -2.07. The van der Waals surface area contributed by atoms with E-state index in [1.54, 1.807) is 0 Å². The first-order valence-corrected chi connectivity index (χ1v) is 8.55. The third-order valence-electron chi connectivity index (χ3n) is 4.20. The van der Waals surface area contributed by atoms with Crippen LogP contribution in [0.2, 0.25) is 0 Å². The Bertz CT molecular complexity index is 1150. The van der Waals surface area contributed by atoms with Crippen molar-refractivity contribution in [3.8, 4) is 23.1 Å². The normalized spacial score (nSPS) is 10.8. The molecule has 2 aromatic heterocycles. The van der Waals surface area contributed by atoms with Crippen LogP contribution in [0.1, 0.15) is 16.8 Å². The van der Waals surface area contributed by atoms with Crippen molar-refractivity contribution in [3.05, 3.63) is 65.4 Å². The van der Waals surface area contributed by atoms with Gasteiger partial charge in [0, 0.05) is 11.3 Å². The van der Waals surface area contributed by atoms with Crippen LogP contribution >= 0.6 is 12.6 Å². The van der Waals surface area contributed by atoms with Crippen LogP contribution in [0.5, 0.6) is 0 Å². The monoisotopic (exact) mass is 357 g/mol. The zero-order chi connectivity index (χ0) is 18.3. The molecule has 26 heavy (non-hydrogen) atoms. The van der Waals surface area contributed by atoms with Crippen LogP contribution in [0.3, 0.4) is 0 Å². The van der Waals surface area contributed by atoms with Crippen LogP contribution in [-0.2, 0) is 0 Å². The number of nitrogens with zero attached hydrogens (tertiary/aromatic N) is 5. The Morgan fingerprint density at radius 3 is 2.12 bits per heavy atom. The van der Waals surface area contributed by atoms with Gasteiger partial charge in [-0.05, 0) is 26.0 Å². The van der Waals surface area contributed by atoms with E-state index in [0.29, 0.717) is 22.1 Å². The SMILES string of the molecule is Cc1ccc(-c2nc(C#N)c3nc(S)n(-c4ccc(C)cc4)c3n2)cc1. The molecule has 0 aliphatic carbocycles. The molecule has 0 saturated heterocycles. The molecule has 6 heteroatoms. The van der Waals surface area contributed by atoms with Gasteiger partial charge >= 0.3 is 0 Å². The van der Waals surface area contributed by atoms with Crippen molar-refractivity contribution in [2.45, 2.75) is 19.0 Å². The molecule has 4 rings (SSSR count). The van der Waals surface area contributed by atoms with E-state index in [-0.39, 0.29) is 5.69 Å². The van der Waals surface area contributed by atoms with E-state index in [2.05, 4.69) is 28.7 Å². The highest BCUT2D eigenvalue weighted by atomic mass is 32.1. The number of thiol groups is 1. The molecule has 0 fully saturated rings. The molecule has 0 N–H and O–H groups in total. The number of benzene rings is 2. The van der Waals surface area contributed by atoms with Crippen molar-refractivity contribution in [2.75, 3.05) is 0 Å². The minimum absolute atomic E-state index is 0.242. The predicted molar refractivity (Wildman–Crippen MR) is 104 cm³/mol. The minimum Gasteiger partial charge on any atom is -0.272 e. The summed E-state index contributed by atoms with van der Waals surface area (Å²) in [7, 11) is 0. The molecule has 0 unspecified atom stereocenters. The minimum atomic E-state index is 0.242. The van der Waals surface area contributed by atoms with Crippen molar-refractivity contribution in [2.24, 2.45) is 0 Å². The zero-order valence-electron chi connectivity index (χ0n) is 14.3. The standard InChI is InChI=1S/C20H15N5S/c1-12-3-7-14(8-4-12)18-22-16(11-21)17-19(24-18)25(20(26)23-17)15-9-5-13(2)6-10-15/h3-10H,1-2H3,(H,23,26). The molecule has 0 amide bonds. The summed E-state index contributed by atoms with van der Waals surface area (Å²) in [5.41, 5.74) is 5.32. The van der Waals surface area contributed by atoms with Crippen molar-refractivity contribution < 1.29 is 0 Å². The second kappa shape index (κ2) is 6.28. The number of aryl methyl sites for hydroxylation is 2. The highest BCUT2D eigenvalue weighted by Gasteiger charge is 2.18. The van der Waals surface area contributed by atoms with Crippen LogP contribution in [0.15, 0.2) is 53.7 Å². The van der Waals surface area contributed by atoms with Gasteiger partial charge in [-0.15, -0.1) is 12.6 Å². The first kappa shape index (κ1) is 16.3. The van der Waals surface area contributed by atoms with Crippen LogP contribution < -0.4 is 0 Å². The molecule has 126 valence electrons. The number of rotatable bonds is 2. The molecule has 4 aromatic rings. The fourth-order valence-corrected chi connectivity index (χ4v) is 3.10. The largest absolute Gasteiger partial charge is 0.272 e. The van der Waals surface area contributed by atoms with E-state index in [4.69, 9.17) is 4.98 Å². The van der Waals surface area contributed by atoms with Crippen molar-refractivity contribution in [3.63, 3.8) is 0 Å². The lowest BCUT2D eigenvalue weighted by Crippen LogP contribution is -2.00. The summed E-state index contributed by atoms with van der Waals surface area (Å²) >= 11 is 4.49. The van der Waals surface area contributed by atoms with E-state index < -0.39 is 0 Å². The molecule has 2 aromatic carbocycles. The van der Waals surface area contributed by atoms with E-state index in [1.807, 2.05) is 66.9 Å². The van der Waals surface area contributed by atoms with Gasteiger partial charge in [0.05, 0.1) is 0 Å². The Labute approximate surface area is 156 Å². The second-order valence-electron chi connectivity index (χ2n) is 6.13. The van der Waals surface area contributed by atoms with Crippen LogP contribution in [0, 0.1) is 25.2 Å². The van der Waals surface area contributed by atoms with Crippen molar-refractivity contribution in [1.29, 1.82) is 5.26 Å². The molecular formula is C20H15N5S. The van der Waals surface area contributed by atoms with Gasteiger partial charge in [0.1, 0.15) is 11.6 Å². The maximum atomic E-state index is 9.54. The number of hydrogen-bond donors (Lipinski definition) is 1. The van der Waals surface area contributed by atoms with Gasteiger partial charge in [0.25, 0.3) is 0 Å². The molecule has 0 bridgehead atoms. The average Bonchev–Trinajstić information content (AvgIpc) is 2.98. The maximum absolute atomic E-state index is 9.54. The van der Waals surface area contributed by atoms with Gasteiger partial charge in [-0.25, -0.2) is 15.0 Å². The topological polar surface area (TPSA) is 67.4 Å². The summed E-state index contributed by atoms with van der Waals surface area (Å²) in [6.07, 6.45) is 0. The Morgan fingerprint density at radius 2 is 1.50 bits per heavy atom. The Hall–Kier alpha value is -3.17. The molecule has 2 heterocycles. The molecule has 5 nitrogen and oxygen atoms in total. The van der Waals surface area contributed by atoms with Gasteiger partial charge in [0.15, 0.2) is 22.3 Å². The summed E-state index contributed by atoms with van der Waals surface area (Å²) in [4.78, 5) is 13.5. The van der Waals surface area contributed by atoms with E-state index >= 15 is 0 Å². The number of nitriles is 1. The third-order valence-corrected chi connectivity index (χ3v) is 4.50. The van der Waals surface area contributed by atoms with Crippen LogP contribution in [0.4, 0.5) is 0 Å². The number of aromatic nitrogens is 4. The molecular weight excluding hydrogens is 342 g/mol. The Balaban J connectivity index is 2.00. The van der Waals surface area contributed by atoms with Crippen LogP contribution in [0.25, 0.3) is 28.2 Å². The van der Waals surface area contributed by atoms with Gasteiger partial charge in [-0.1, -0.05) is 47.5 Å². The second-order valence-corrected chi connectivity index (χ2v) is 6.53. The first-order chi connectivity index (χ1) is 12.6.